The molecule has 0 radical (unpaired) electrons. The first-order valence-electron chi connectivity index (χ1n) is 5.48. The van der Waals surface area contributed by atoms with Gasteiger partial charge in [-0.1, -0.05) is 12.8 Å². The van der Waals surface area contributed by atoms with Gasteiger partial charge in [-0.15, -0.1) is 0 Å². The minimum absolute atomic E-state index is 0.0777. The zero-order valence-electron chi connectivity index (χ0n) is 9.53. The lowest BCUT2D eigenvalue weighted by atomic mass is 10.2. The minimum atomic E-state index is -0.821. The summed E-state index contributed by atoms with van der Waals surface area (Å²) in [5, 5.41) is 3.28. The molecule has 88 valence electrons. The van der Waals surface area contributed by atoms with Crippen LogP contribution in [-0.4, -0.2) is 34.3 Å². The fourth-order valence-corrected chi connectivity index (χ4v) is 1.94. The van der Waals surface area contributed by atoms with Crippen molar-refractivity contribution >= 4 is 16.8 Å². The molecule has 0 saturated heterocycles. The molecule has 0 heterocycles. The molecule has 0 spiro atoms. The molecule has 4 nitrogen and oxygen atoms in total. The van der Waals surface area contributed by atoms with Crippen molar-refractivity contribution in [1.29, 1.82) is 0 Å². The Morgan fingerprint density at radius 1 is 1.60 bits per heavy atom. The Bertz CT molecular complexity index is 249. The predicted octanol–water partition coefficient (Wildman–Crippen LogP) is 0.600. The standard InChI is InChI=1S/C10H21N3OS/c1-8(15(2)14)7-12-10(11)13-9-5-3-4-6-9/h8-9H,3-7H2,1-2H3,(H3,11,12,13). The molecule has 0 bridgehead atoms. The zero-order valence-corrected chi connectivity index (χ0v) is 10.3. The van der Waals surface area contributed by atoms with E-state index in [0.717, 1.165) is 0 Å². The Morgan fingerprint density at radius 2 is 2.20 bits per heavy atom. The van der Waals surface area contributed by atoms with Crippen molar-refractivity contribution in [2.45, 2.75) is 43.9 Å². The van der Waals surface area contributed by atoms with Gasteiger partial charge in [-0.2, -0.15) is 0 Å². The van der Waals surface area contributed by atoms with Gasteiger partial charge in [0.2, 0.25) is 0 Å². The fourth-order valence-electron chi connectivity index (χ4n) is 1.66. The van der Waals surface area contributed by atoms with Gasteiger partial charge in [0, 0.05) is 23.1 Å². The molecule has 2 unspecified atom stereocenters. The van der Waals surface area contributed by atoms with Crippen LogP contribution in [0.15, 0.2) is 4.99 Å². The smallest absolute Gasteiger partial charge is 0.188 e. The van der Waals surface area contributed by atoms with Crippen molar-refractivity contribution < 1.29 is 4.21 Å². The molecule has 0 aromatic carbocycles. The van der Waals surface area contributed by atoms with Gasteiger partial charge in [-0.3, -0.25) is 9.20 Å². The quantitative estimate of drug-likeness (QED) is 0.550. The topological polar surface area (TPSA) is 67.5 Å². The molecule has 1 fully saturated rings. The third-order valence-electron chi connectivity index (χ3n) is 2.79. The van der Waals surface area contributed by atoms with E-state index in [4.69, 9.17) is 5.73 Å². The maximum atomic E-state index is 11.1. The van der Waals surface area contributed by atoms with Gasteiger partial charge < -0.3 is 11.1 Å². The fraction of sp³-hybridized carbons (Fsp3) is 0.900. The van der Waals surface area contributed by atoms with Gasteiger partial charge in [0.1, 0.15) is 0 Å². The SMILES string of the molecule is CC(CN=C(N)NC1CCCC1)S(C)=O. The number of hydrogen-bond donors (Lipinski definition) is 2. The van der Waals surface area contributed by atoms with Gasteiger partial charge in [-0.05, 0) is 19.8 Å². The molecule has 15 heavy (non-hydrogen) atoms. The number of nitrogens with zero attached hydrogens (tertiary/aromatic N) is 1. The number of aliphatic imine (C=N–C) groups is 1. The minimum Gasteiger partial charge on any atom is -0.370 e. The van der Waals surface area contributed by atoms with E-state index in [1.165, 1.54) is 25.7 Å². The van der Waals surface area contributed by atoms with E-state index in [2.05, 4.69) is 10.3 Å². The van der Waals surface area contributed by atoms with Gasteiger partial charge in [-0.25, -0.2) is 0 Å². The molecule has 3 N–H and O–H groups in total. The predicted molar refractivity (Wildman–Crippen MR) is 65.4 cm³/mol. The lowest BCUT2D eigenvalue weighted by Gasteiger charge is -2.13. The molecule has 1 aliphatic carbocycles. The molecular weight excluding hydrogens is 210 g/mol. The first-order valence-corrected chi connectivity index (χ1v) is 7.10. The number of hydrogen-bond acceptors (Lipinski definition) is 2. The van der Waals surface area contributed by atoms with Crippen LogP contribution < -0.4 is 11.1 Å². The number of nitrogens with one attached hydrogen (secondary N) is 1. The van der Waals surface area contributed by atoms with Crippen LogP contribution in [-0.2, 0) is 10.8 Å². The summed E-state index contributed by atoms with van der Waals surface area (Å²) in [6.45, 7) is 2.46. The molecule has 0 aromatic heterocycles. The summed E-state index contributed by atoms with van der Waals surface area (Å²) in [5.74, 6) is 0.499. The maximum absolute atomic E-state index is 11.1. The van der Waals surface area contributed by atoms with Crippen molar-refractivity contribution in [1.82, 2.24) is 5.32 Å². The second-order valence-corrected chi connectivity index (χ2v) is 5.96. The summed E-state index contributed by atoms with van der Waals surface area (Å²) in [4.78, 5) is 4.20. The first kappa shape index (κ1) is 12.5. The summed E-state index contributed by atoms with van der Waals surface area (Å²) in [6, 6.07) is 0.496. The summed E-state index contributed by atoms with van der Waals surface area (Å²) in [7, 11) is -0.821. The molecule has 5 heteroatoms. The van der Waals surface area contributed by atoms with Gasteiger partial charge in [0.25, 0.3) is 0 Å². The molecule has 0 amide bonds. The van der Waals surface area contributed by atoms with Crippen LogP contribution in [0.2, 0.25) is 0 Å². The third-order valence-corrected chi connectivity index (χ3v) is 4.07. The van der Waals surface area contributed by atoms with Gasteiger partial charge >= 0.3 is 0 Å². The van der Waals surface area contributed by atoms with Crippen LogP contribution in [0.25, 0.3) is 0 Å². The molecular formula is C10H21N3OS. The molecule has 1 rings (SSSR count). The highest BCUT2D eigenvalue weighted by Crippen LogP contribution is 2.17. The lowest BCUT2D eigenvalue weighted by molar-refractivity contribution is 0.625. The zero-order chi connectivity index (χ0) is 11.3. The van der Waals surface area contributed by atoms with Crippen LogP contribution in [0.1, 0.15) is 32.6 Å². The van der Waals surface area contributed by atoms with E-state index in [1.807, 2.05) is 6.92 Å². The maximum Gasteiger partial charge on any atom is 0.188 e. The Labute approximate surface area is 94.2 Å². The molecule has 2 atom stereocenters. The van der Waals surface area contributed by atoms with E-state index in [1.54, 1.807) is 6.26 Å². The highest BCUT2D eigenvalue weighted by Gasteiger charge is 2.15. The van der Waals surface area contributed by atoms with Crippen molar-refractivity contribution in [3.05, 3.63) is 0 Å². The molecule has 0 aliphatic heterocycles. The van der Waals surface area contributed by atoms with Crippen LogP contribution in [0.5, 0.6) is 0 Å². The van der Waals surface area contributed by atoms with E-state index >= 15 is 0 Å². The highest BCUT2D eigenvalue weighted by atomic mass is 32.2. The highest BCUT2D eigenvalue weighted by molar-refractivity contribution is 7.84. The first-order chi connectivity index (χ1) is 7.09. The second-order valence-electron chi connectivity index (χ2n) is 4.16. The summed E-state index contributed by atoms with van der Waals surface area (Å²) < 4.78 is 11.1. The monoisotopic (exact) mass is 231 g/mol. The third kappa shape index (κ3) is 4.64. The van der Waals surface area contributed by atoms with Crippen molar-refractivity contribution in [3.63, 3.8) is 0 Å². The number of rotatable bonds is 4. The molecule has 1 aliphatic rings. The normalized spacial score (nSPS) is 22.7. The number of guanidine groups is 1. The lowest BCUT2D eigenvalue weighted by Crippen LogP contribution is -2.39. The molecule has 1 saturated carbocycles. The van der Waals surface area contributed by atoms with Crippen molar-refractivity contribution in [2.75, 3.05) is 12.8 Å². The average Bonchev–Trinajstić information content (AvgIpc) is 2.66. The summed E-state index contributed by atoms with van der Waals surface area (Å²) in [6.07, 6.45) is 6.62. The van der Waals surface area contributed by atoms with Crippen molar-refractivity contribution in [3.8, 4) is 0 Å². The Hall–Kier alpha value is -0.580. The Balaban J connectivity index is 2.28. The van der Waals surface area contributed by atoms with Gasteiger partial charge in [0.05, 0.1) is 11.8 Å². The second kappa shape index (κ2) is 6.10. The summed E-state index contributed by atoms with van der Waals surface area (Å²) in [5.41, 5.74) is 5.74. The van der Waals surface area contributed by atoms with E-state index in [0.29, 0.717) is 18.5 Å². The molecule has 0 aromatic rings. The average molecular weight is 231 g/mol. The van der Waals surface area contributed by atoms with Crippen LogP contribution in [0.4, 0.5) is 0 Å². The van der Waals surface area contributed by atoms with Crippen LogP contribution in [0.3, 0.4) is 0 Å². The van der Waals surface area contributed by atoms with E-state index in [-0.39, 0.29) is 5.25 Å². The summed E-state index contributed by atoms with van der Waals surface area (Å²) >= 11 is 0. The Kier molecular flexibility index (Phi) is 5.08. The number of nitrogens with two attached hydrogens (primary N) is 1. The van der Waals surface area contributed by atoms with E-state index < -0.39 is 10.8 Å². The largest absolute Gasteiger partial charge is 0.370 e. The van der Waals surface area contributed by atoms with Gasteiger partial charge in [0.15, 0.2) is 5.96 Å². The van der Waals surface area contributed by atoms with E-state index in [9.17, 15) is 4.21 Å². The van der Waals surface area contributed by atoms with Crippen molar-refractivity contribution in [2.24, 2.45) is 10.7 Å². The van der Waals surface area contributed by atoms with Crippen LogP contribution in [0, 0.1) is 0 Å². The Morgan fingerprint density at radius 3 is 2.73 bits per heavy atom. The van der Waals surface area contributed by atoms with Crippen LogP contribution >= 0.6 is 0 Å².